The maximum Gasteiger partial charge on any atom is 0.267 e. The van der Waals surface area contributed by atoms with Crippen molar-refractivity contribution in [3.05, 3.63) is 24.2 Å². The molecule has 3 rings (SSSR count). The molecular formula is C23H35N5O4. The van der Waals surface area contributed by atoms with Gasteiger partial charge in [0.25, 0.3) is 5.91 Å². The van der Waals surface area contributed by atoms with Crippen LogP contribution in [0.5, 0.6) is 0 Å². The van der Waals surface area contributed by atoms with Crippen molar-refractivity contribution in [3.8, 4) is 0 Å². The highest BCUT2D eigenvalue weighted by atomic mass is 16.8. The maximum absolute atomic E-state index is 12.5. The van der Waals surface area contributed by atoms with E-state index in [-0.39, 0.29) is 11.9 Å². The van der Waals surface area contributed by atoms with Gasteiger partial charge in [-0.15, -0.1) is 0 Å². The Morgan fingerprint density at radius 2 is 1.88 bits per heavy atom. The molecule has 9 heteroatoms. The number of hydrogen-bond donors (Lipinski definition) is 3. The maximum atomic E-state index is 12.5. The van der Waals surface area contributed by atoms with Crippen molar-refractivity contribution in [3.63, 3.8) is 0 Å². The Morgan fingerprint density at radius 1 is 1.09 bits per heavy atom. The molecule has 3 N–H and O–H groups in total. The van der Waals surface area contributed by atoms with Crippen molar-refractivity contribution in [2.24, 2.45) is 5.92 Å². The number of anilines is 1. The van der Waals surface area contributed by atoms with Gasteiger partial charge >= 0.3 is 0 Å². The SMILES string of the molecule is C[C@H](NC(=O)[C@@H](C)Nc1cnc(C=CC(=O)NOC2CCCCO2)cn1)C1CCCCC1. The van der Waals surface area contributed by atoms with Crippen LogP contribution in [0.25, 0.3) is 6.08 Å². The van der Waals surface area contributed by atoms with Crippen molar-refractivity contribution >= 4 is 23.7 Å². The monoisotopic (exact) mass is 445 g/mol. The van der Waals surface area contributed by atoms with Gasteiger partial charge in [-0.2, -0.15) is 0 Å². The first kappa shape index (κ1) is 24.1. The van der Waals surface area contributed by atoms with E-state index in [9.17, 15) is 9.59 Å². The molecule has 0 bridgehead atoms. The lowest BCUT2D eigenvalue weighted by atomic mass is 9.84. The zero-order valence-corrected chi connectivity index (χ0v) is 19.0. The van der Waals surface area contributed by atoms with Crippen LogP contribution < -0.4 is 16.1 Å². The summed E-state index contributed by atoms with van der Waals surface area (Å²) in [4.78, 5) is 38.2. The molecule has 2 heterocycles. The Balaban J connectivity index is 1.40. The third-order valence-corrected chi connectivity index (χ3v) is 5.99. The van der Waals surface area contributed by atoms with Crippen molar-refractivity contribution < 1.29 is 19.2 Å². The number of nitrogens with zero attached hydrogens (tertiary/aromatic N) is 2. The first-order valence-electron chi connectivity index (χ1n) is 11.7. The average Bonchev–Trinajstić information content (AvgIpc) is 2.83. The summed E-state index contributed by atoms with van der Waals surface area (Å²) in [5, 5.41) is 6.20. The van der Waals surface area contributed by atoms with Crippen LogP contribution in [0.1, 0.15) is 70.9 Å². The second-order valence-electron chi connectivity index (χ2n) is 8.60. The quantitative estimate of drug-likeness (QED) is 0.395. The molecule has 0 aromatic carbocycles. The molecule has 1 aromatic rings. The lowest BCUT2D eigenvalue weighted by Crippen LogP contribution is -2.45. The number of ether oxygens (including phenoxy) is 1. The smallest absolute Gasteiger partial charge is 0.267 e. The summed E-state index contributed by atoms with van der Waals surface area (Å²) in [6, 6.07) is -0.257. The van der Waals surface area contributed by atoms with Gasteiger partial charge in [0.1, 0.15) is 11.9 Å². The molecule has 1 saturated heterocycles. The molecule has 1 saturated carbocycles. The summed E-state index contributed by atoms with van der Waals surface area (Å²) < 4.78 is 5.39. The van der Waals surface area contributed by atoms with E-state index in [1.165, 1.54) is 50.6 Å². The van der Waals surface area contributed by atoms with Gasteiger partial charge in [0.2, 0.25) is 5.91 Å². The number of nitrogens with one attached hydrogen (secondary N) is 3. The highest BCUT2D eigenvalue weighted by Crippen LogP contribution is 2.26. The van der Waals surface area contributed by atoms with E-state index in [4.69, 9.17) is 9.57 Å². The fraction of sp³-hybridized carbons (Fsp3) is 0.652. The topological polar surface area (TPSA) is 114 Å². The van der Waals surface area contributed by atoms with Crippen molar-refractivity contribution in [2.45, 2.75) is 83.6 Å². The van der Waals surface area contributed by atoms with Gasteiger partial charge in [-0.3, -0.25) is 14.6 Å². The molecule has 0 radical (unpaired) electrons. The minimum absolute atomic E-state index is 0.0486. The van der Waals surface area contributed by atoms with Crippen molar-refractivity contribution in [1.29, 1.82) is 0 Å². The number of carbonyl (C=O) groups excluding carboxylic acids is 2. The Bertz CT molecular complexity index is 758. The molecule has 1 aliphatic carbocycles. The van der Waals surface area contributed by atoms with Crippen LogP contribution in [0.15, 0.2) is 18.5 Å². The van der Waals surface area contributed by atoms with Crippen LogP contribution in [0, 0.1) is 5.92 Å². The molecule has 1 unspecified atom stereocenters. The third-order valence-electron chi connectivity index (χ3n) is 5.99. The summed E-state index contributed by atoms with van der Waals surface area (Å²) in [7, 11) is 0. The number of hydrogen-bond acceptors (Lipinski definition) is 7. The predicted molar refractivity (Wildman–Crippen MR) is 121 cm³/mol. The second-order valence-corrected chi connectivity index (χ2v) is 8.60. The minimum Gasteiger partial charge on any atom is -0.357 e. The van der Waals surface area contributed by atoms with E-state index in [0.29, 0.717) is 24.0 Å². The van der Waals surface area contributed by atoms with Crippen molar-refractivity contribution in [1.82, 2.24) is 20.8 Å². The molecule has 1 aromatic heterocycles. The lowest BCUT2D eigenvalue weighted by molar-refractivity contribution is -0.198. The zero-order chi connectivity index (χ0) is 22.8. The molecule has 2 fully saturated rings. The molecule has 1 aliphatic heterocycles. The Labute approximate surface area is 189 Å². The normalized spacial score (nSPS) is 21.6. The lowest BCUT2D eigenvalue weighted by Gasteiger charge is -2.29. The van der Waals surface area contributed by atoms with E-state index in [2.05, 4.69) is 33.0 Å². The zero-order valence-electron chi connectivity index (χ0n) is 19.0. The second kappa shape index (κ2) is 12.5. The summed E-state index contributed by atoms with van der Waals surface area (Å²) >= 11 is 0. The van der Waals surface area contributed by atoms with Gasteiger partial charge < -0.3 is 15.4 Å². The summed E-state index contributed by atoms with van der Waals surface area (Å²) in [5.74, 6) is 0.605. The van der Waals surface area contributed by atoms with E-state index >= 15 is 0 Å². The van der Waals surface area contributed by atoms with Crippen LogP contribution in [-0.4, -0.2) is 46.8 Å². The summed E-state index contributed by atoms with van der Waals surface area (Å²) in [6.07, 6.45) is 14.5. The number of hydroxylamine groups is 1. The fourth-order valence-electron chi connectivity index (χ4n) is 4.01. The minimum atomic E-state index is -0.429. The summed E-state index contributed by atoms with van der Waals surface area (Å²) in [6.45, 7) is 4.54. The van der Waals surface area contributed by atoms with Crippen LogP contribution in [0.3, 0.4) is 0 Å². The predicted octanol–water partition coefficient (Wildman–Crippen LogP) is 2.95. The first-order valence-corrected chi connectivity index (χ1v) is 11.7. The highest BCUT2D eigenvalue weighted by Gasteiger charge is 2.23. The first-order chi connectivity index (χ1) is 15.5. The van der Waals surface area contributed by atoms with Crippen LogP contribution in [-0.2, 0) is 19.2 Å². The number of amides is 2. The molecular weight excluding hydrogens is 410 g/mol. The van der Waals surface area contributed by atoms with E-state index in [0.717, 1.165) is 19.3 Å². The molecule has 2 amide bonds. The Kier molecular flexibility index (Phi) is 9.43. The molecule has 9 nitrogen and oxygen atoms in total. The van der Waals surface area contributed by atoms with E-state index < -0.39 is 18.2 Å². The number of aromatic nitrogens is 2. The van der Waals surface area contributed by atoms with Gasteiger partial charge in [-0.1, -0.05) is 19.3 Å². The summed E-state index contributed by atoms with van der Waals surface area (Å²) in [5.41, 5.74) is 2.87. The van der Waals surface area contributed by atoms with Gasteiger partial charge in [-0.05, 0) is 51.5 Å². The third kappa shape index (κ3) is 7.87. The molecule has 0 spiro atoms. The van der Waals surface area contributed by atoms with Gasteiger partial charge in [0.05, 0.1) is 18.1 Å². The number of carbonyl (C=O) groups is 2. The molecule has 32 heavy (non-hydrogen) atoms. The van der Waals surface area contributed by atoms with Crippen LogP contribution >= 0.6 is 0 Å². The fourth-order valence-corrected chi connectivity index (χ4v) is 4.01. The van der Waals surface area contributed by atoms with E-state index in [1.807, 2.05) is 0 Å². The average molecular weight is 446 g/mol. The van der Waals surface area contributed by atoms with Gasteiger partial charge in [0.15, 0.2) is 6.29 Å². The largest absolute Gasteiger partial charge is 0.357 e. The van der Waals surface area contributed by atoms with Gasteiger partial charge in [0, 0.05) is 25.1 Å². The standard InChI is InChI=1S/C23H35N5O4/c1-16(18-8-4-3-5-9-18)27-23(30)17(2)26-20-15-24-19(14-25-20)11-12-21(29)28-32-22-10-6-7-13-31-22/h11-12,14-18,22H,3-10,13H2,1-2H3,(H,25,26)(H,27,30)(H,28,29)/t16-,17+,22?/m0/s1. The molecule has 2 aliphatic rings. The van der Waals surface area contributed by atoms with Crippen LogP contribution in [0.4, 0.5) is 5.82 Å². The van der Waals surface area contributed by atoms with E-state index in [1.54, 1.807) is 13.0 Å². The molecule has 3 atom stereocenters. The Morgan fingerprint density at radius 3 is 2.56 bits per heavy atom. The Hall–Kier alpha value is -2.52. The highest BCUT2D eigenvalue weighted by molar-refractivity contribution is 5.90. The molecule has 176 valence electrons. The van der Waals surface area contributed by atoms with Crippen molar-refractivity contribution in [2.75, 3.05) is 11.9 Å². The van der Waals surface area contributed by atoms with Gasteiger partial charge in [-0.25, -0.2) is 15.3 Å². The number of rotatable bonds is 9. The van der Waals surface area contributed by atoms with Crippen LogP contribution in [0.2, 0.25) is 0 Å².